The van der Waals surface area contributed by atoms with Gasteiger partial charge < -0.3 is 19.5 Å². The Kier molecular flexibility index (Phi) is 6.16. The number of carbonyl (C=O) groups excluding carboxylic acids is 1. The van der Waals surface area contributed by atoms with Crippen molar-refractivity contribution in [2.75, 3.05) is 31.6 Å². The van der Waals surface area contributed by atoms with Crippen molar-refractivity contribution in [3.8, 4) is 0 Å². The van der Waals surface area contributed by atoms with Gasteiger partial charge in [-0.3, -0.25) is 4.79 Å². The molecular formula is C19H30N4O3. The maximum Gasteiger partial charge on any atom is 0.324 e. The van der Waals surface area contributed by atoms with E-state index in [9.17, 15) is 4.79 Å². The van der Waals surface area contributed by atoms with Gasteiger partial charge in [-0.15, -0.1) is 0 Å². The van der Waals surface area contributed by atoms with Crippen molar-refractivity contribution in [1.82, 2.24) is 15.5 Å². The second-order valence-corrected chi connectivity index (χ2v) is 7.59. The van der Waals surface area contributed by atoms with E-state index < -0.39 is 0 Å². The highest BCUT2D eigenvalue weighted by Gasteiger charge is 2.25. The molecule has 26 heavy (non-hydrogen) atoms. The lowest BCUT2D eigenvalue weighted by molar-refractivity contribution is -0.124. The number of aromatic nitrogens is 2. The Morgan fingerprint density at radius 1 is 1.38 bits per heavy atom. The van der Waals surface area contributed by atoms with Gasteiger partial charge in [-0.05, 0) is 37.7 Å². The Balaban J connectivity index is 1.40. The molecule has 3 rings (SSSR count). The molecule has 1 aromatic heterocycles. The van der Waals surface area contributed by atoms with Gasteiger partial charge in [-0.1, -0.05) is 19.0 Å². The second-order valence-electron chi connectivity index (χ2n) is 7.59. The highest BCUT2D eigenvalue weighted by molar-refractivity contribution is 5.78. The summed E-state index contributed by atoms with van der Waals surface area (Å²) in [6, 6.07) is 0.642. The maximum absolute atomic E-state index is 11.7. The van der Waals surface area contributed by atoms with E-state index >= 15 is 0 Å². The van der Waals surface area contributed by atoms with Crippen molar-refractivity contribution < 1.29 is 14.1 Å². The Bertz CT molecular complexity index is 632. The van der Waals surface area contributed by atoms with Crippen molar-refractivity contribution in [2.24, 2.45) is 11.8 Å². The molecule has 7 nitrogen and oxygen atoms in total. The average molecular weight is 362 g/mol. The molecule has 2 aliphatic rings. The van der Waals surface area contributed by atoms with Gasteiger partial charge in [0.2, 0.25) is 5.91 Å². The van der Waals surface area contributed by atoms with Crippen molar-refractivity contribution in [3.05, 3.63) is 17.7 Å². The topological polar surface area (TPSA) is 80.5 Å². The monoisotopic (exact) mass is 362 g/mol. The molecule has 1 aliphatic heterocycles. The minimum atomic E-state index is 0.0979. The average Bonchev–Trinajstić information content (AvgIpc) is 3.17. The Labute approximate surface area is 155 Å². The molecular weight excluding hydrogens is 332 g/mol. The van der Waals surface area contributed by atoms with Crippen molar-refractivity contribution in [3.63, 3.8) is 0 Å². The molecule has 144 valence electrons. The maximum atomic E-state index is 11.7. The first-order valence-electron chi connectivity index (χ1n) is 9.68. The molecule has 0 bridgehead atoms. The number of piperidine rings is 1. The van der Waals surface area contributed by atoms with Crippen molar-refractivity contribution in [2.45, 2.75) is 51.9 Å². The molecule has 0 radical (unpaired) electrons. The number of allylic oxidation sites excluding steroid dienone is 2. The third-order valence-electron chi connectivity index (χ3n) is 5.32. The number of ether oxygens (including phenoxy) is 1. The summed E-state index contributed by atoms with van der Waals surface area (Å²) in [5.41, 5.74) is 0. The molecule has 0 saturated carbocycles. The Morgan fingerprint density at radius 3 is 2.73 bits per heavy atom. The summed E-state index contributed by atoms with van der Waals surface area (Å²) >= 11 is 0. The number of nitrogens with zero attached hydrogens (tertiary/aromatic N) is 3. The lowest BCUT2D eigenvalue weighted by atomic mass is 9.92. The second kappa shape index (κ2) is 8.56. The number of amides is 1. The Hall–Kier alpha value is -2.05. The first-order chi connectivity index (χ1) is 12.6. The quantitative estimate of drug-likeness (QED) is 0.838. The molecule has 0 aromatic carbocycles. The van der Waals surface area contributed by atoms with Crippen LogP contribution in [0.5, 0.6) is 0 Å². The molecule has 1 N–H and O–H groups in total. The van der Waals surface area contributed by atoms with E-state index in [2.05, 4.69) is 40.3 Å². The summed E-state index contributed by atoms with van der Waals surface area (Å²) in [4.78, 5) is 18.3. The van der Waals surface area contributed by atoms with Gasteiger partial charge in [0.1, 0.15) is 0 Å². The highest BCUT2D eigenvalue weighted by atomic mass is 16.5. The molecule has 2 heterocycles. The predicted octanol–water partition coefficient (Wildman–Crippen LogP) is 2.86. The normalized spacial score (nSPS) is 21.6. The largest absolute Gasteiger partial charge is 0.498 e. The molecule has 1 aromatic rings. The van der Waals surface area contributed by atoms with Gasteiger partial charge in [-0.25, -0.2) is 0 Å². The van der Waals surface area contributed by atoms with Gasteiger partial charge in [-0.2, -0.15) is 4.98 Å². The summed E-state index contributed by atoms with van der Waals surface area (Å²) in [6.07, 6.45) is 6.73. The van der Waals surface area contributed by atoms with Crippen LogP contribution in [-0.4, -0.2) is 42.8 Å². The van der Waals surface area contributed by atoms with Crippen LogP contribution in [0.3, 0.4) is 0 Å². The zero-order valence-electron chi connectivity index (χ0n) is 16.0. The van der Waals surface area contributed by atoms with Gasteiger partial charge in [0.05, 0.1) is 12.4 Å². The molecule has 7 heteroatoms. The minimum absolute atomic E-state index is 0.0979. The van der Waals surface area contributed by atoms with Crippen molar-refractivity contribution in [1.29, 1.82) is 0 Å². The molecule has 1 unspecified atom stereocenters. The lowest BCUT2D eigenvalue weighted by Gasteiger charge is -2.31. The lowest BCUT2D eigenvalue weighted by Crippen LogP contribution is -2.35. The summed E-state index contributed by atoms with van der Waals surface area (Å²) in [5, 5.41) is 6.77. The number of hydrogen-bond acceptors (Lipinski definition) is 6. The number of rotatable bonds is 6. The van der Waals surface area contributed by atoms with E-state index in [0.29, 0.717) is 11.9 Å². The van der Waals surface area contributed by atoms with Crippen LogP contribution in [0, 0.1) is 11.8 Å². The van der Waals surface area contributed by atoms with Crippen LogP contribution in [0.2, 0.25) is 0 Å². The fourth-order valence-corrected chi connectivity index (χ4v) is 3.49. The van der Waals surface area contributed by atoms with E-state index in [1.807, 2.05) is 0 Å². The molecule has 1 amide bonds. The molecule has 1 atom stereocenters. The van der Waals surface area contributed by atoms with Crippen LogP contribution in [0.25, 0.3) is 0 Å². The third-order valence-corrected chi connectivity index (χ3v) is 5.32. The number of carbonyl (C=O) groups is 1. The van der Waals surface area contributed by atoms with E-state index in [1.165, 1.54) is 0 Å². The number of hydrogen-bond donors (Lipinski definition) is 1. The van der Waals surface area contributed by atoms with Gasteiger partial charge in [0.25, 0.3) is 0 Å². The van der Waals surface area contributed by atoms with Crippen LogP contribution in [0.1, 0.15) is 57.7 Å². The fourth-order valence-electron chi connectivity index (χ4n) is 3.49. The smallest absolute Gasteiger partial charge is 0.324 e. The van der Waals surface area contributed by atoms with Crippen LogP contribution in [0.15, 0.2) is 16.4 Å². The van der Waals surface area contributed by atoms with Gasteiger partial charge >= 0.3 is 6.01 Å². The van der Waals surface area contributed by atoms with Gasteiger partial charge in [0.15, 0.2) is 5.82 Å². The summed E-state index contributed by atoms with van der Waals surface area (Å²) in [5.74, 6) is 2.88. The number of anilines is 1. The number of nitrogens with one attached hydrogen (secondary N) is 1. The SMILES string of the molecule is CNC(=O)C1CC=C(OCC2CCN(c3nc(C(C)C)no3)CC2)CC1. The first-order valence-corrected chi connectivity index (χ1v) is 9.68. The third kappa shape index (κ3) is 4.56. The van der Waals surface area contributed by atoms with Crippen LogP contribution < -0.4 is 10.2 Å². The zero-order chi connectivity index (χ0) is 18.5. The molecule has 1 saturated heterocycles. The summed E-state index contributed by atoms with van der Waals surface area (Å²) in [7, 11) is 1.70. The van der Waals surface area contributed by atoms with Crippen molar-refractivity contribution >= 4 is 11.9 Å². The standard InChI is InChI=1S/C19H30N4O3/c1-13(2)17-21-19(26-22-17)23-10-8-14(9-11-23)12-25-16-6-4-15(5-7-16)18(24)20-3/h6,13-15H,4-5,7-12H2,1-3H3,(H,20,24). The molecule has 1 fully saturated rings. The Morgan fingerprint density at radius 2 is 2.15 bits per heavy atom. The van der Waals surface area contributed by atoms with Crippen LogP contribution >= 0.6 is 0 Å². The van der Waals surface area contributed by atoms with Crippen LogP contribution in [-0.2, 0) is 9.53 Å². The zero-order valence-corrected chi connectivity index (χ0v) is 16.0. The summed E-state index contributed by atoms with van der Waals surface area (Å²) in [6.45, 7) is 6.73. The highest BCUT2D eigenvalue weighted by Crippen LogP contribution is 2.27. The molecule has 1 aliphatic carbocycles. The summed E-state index contributed by atoms with van der Waals surface area (Å²) < 4.78 is 11.4. The fraction of sp³-hybridized carbons (Fsp3) is 0.737. The van der Waals surface area contributed by atoms with E-state index in [1.54, 1.807) is 7.05 Å². The first kappa shape index (κ1) is 18.7. The van der Waals surface area contributed by atoms with E-state index in [0.717, 1.165) is 63.4 Å². The van der Waals surface area contributed by atoms with Crippen LogP contribution in [0.4, 0.5) is 6.01 Å². The minimum Gasteiger partial charge on any atom is -0.498 e. The predicted molar refractivity (Wildman–Crippen MR) is 98.8 cm³/mol. The van der Waals surface area contributed by atoms with Gasteiger partial charge in [0, 0.05) is 38.4 Å². The van der Waals surface area contributed by atoms with E-state index in [-0.39, 0.29) is 17.7 Å². The van der Waals surface area contributed by atoms with E-state index in [4.69, 9.17) is 9.26 Å². The molecule has 0 spiro atoms.